The Kier molecular flexibility index (Phi) is 3.71. The first-order valence-electron chi connectivity index (χ1n) is 9.20. The Labute approximate surface area is 169 Å². The molecule has 0 aliphatic heterocycles. The molecule has 30 heavy (non-hydrogen) atoms. The summed E-state index contributed by atoms with van der Waals surface area (Å²) in [6.07, 6.45) is 0. The van der Waals surface area contributed by atoms with E-state index in [1.54, 1.807) is 56.3 Å². The first kappa shape index (κ1) is 18.5. The number of H-pyrrole nitrogens is 2. The Bertz CT molecular complexity index is 1780. The van der Waals surface area contributed by atoms with Crippen molar-refractivity contribution in [3.8, 4) is 0 Å². The molecule has 0 saturated carbocycles. The minimum Gasteiger partial charge on any atom is -0.354 e. The van der Waals surface area contributed by atoms with E-state index in [1.807, 2.05) is 0 Å². The zero-order valence-electron chi connectivity index (χ0n) is 16.0. The highest BCUT2D eigenvalue weighted by Crippen LogP contribution is 2.33. The molecule has 0 radical (unpaired) electrons. The van der Waals surface area contributed by atoms with Crippen molar-refractivity contribution in [1.29, 1.82) is 0 Å². The third kappa shape index (κ3) is 2.38. The summed E-state index contributed by atoms with van der Waals surface area (Å²) in [5.74, 6) is 0. The second kappa shape index (κ2) is 6.01. The van der Waals surface area contributed by atoms with Gasteiger partial charge in [-0.25, -0.2) is 0 Å². The number of pyridine rings is 2. The molecule has 0 spiro atoms. The van der Waals surface area contributed by atoms with Crippen molar-refractivity contribution >= 4 is 53.7 Å². The zero-order chi connectivity index (χ0) is 21.4. The van der Waals surface area contributed by atoms with Crippen LogP contribution in [0.15, 0.2) is 56.9 Å². The van der Waals surface area contributed by atoms with Crippen LogP contribution in [0.5, 0.6) is 0 Å². The maximum atomic E-state index is 13.4. The molecule has 3 N–H and O–H groups in total. The summed E-state index contributed by atoms with van der Waals surface area (Å²) in [6.45, 7) is 3.45. The van der Waals surface area contributed by atoms with Gasteiger partial charge in [-0.3, -0.25) is 14.1 Å². The van der Waals surface area contributed by atoms with Crippen LogP contribution < -0.4 is 10.9 Å². The monoisotopic (exact) mass is 420 g/mol. The summed E-state index contributed by atoms with van der Waals surface area (Å²) in [5.41, 5.74) is 1.32. The van der Waals surface area contributed by atoms with Gasteiger partial charge < -0.3 is 9.97 Å². The van der Waals surface area contributed by atoms with E-state index in [4.69, 9.17) is 0 Å². The SMILES string of the molecule is Cc1cccc2[nH]c3c(S(=O)(=O)O)c4c(=O)c5ccccc5[nH]c4c(C)c3c(=O)c12. The molecule has 0 amide bonds. The van der Waals surface area contributed by atoms with Gasteiger partial charge in [0.05, 0.1) is 27.3 Å². The molecule has 0 aliphatic rings. The number of hydrogen-bond acceptors (Lipinski definition) is 4. The molecule has 8 heteroatoms. The predicted octanol–water partition coefficient (Wildman–Crippen LogP) is 3.54. The van der Waals surface area contributed by atoms with Crippen LogP contribution in [-0.2, 0) is 10.1 Å². The summed E-state index contributed by atoms with van der Waals surface area (Å²) < 4.78 is 35.0. The Morgan fingerprint density at radius 1 is 0.767 bits per heavy atom. The third-order valence-corrected chi connectivity index (χ3v) is 6.53. The van der Waals surface area contributed by atoms with Crippen molar-refractivity contribution in [2.75, 3.05) is 0 Å². The molecule has 3 aromatic carbocycles. The number of rotatable bonds is 1. The number of fused-ring (bicyclic) bond motifs is 4. The lowest BCUT2D eigenvalue weighted by Crippen LogP contribution is -2.16. The summed E-state index contributed by atoms with van der Waals surface area (Å²) in [6, 6.07) is 11.9. The topological polar surface area (TPSA) is 120 Å². The Morgan fingerprint density at radius 2 is 1.43 bits per heavy atom. The number of benzene rings is 3. The summed E-state index contributed by atoms with van der Waals surface area (Å²) in [7, 11) is -4.85. The molecule has 7 nitrogen and oxygen atoms in total. The normalized spacial score (nSPS) is 12.4. The van der Waals surface area contributed by atoms with E-state index in [0.717, 1.165) is 5.56 Å². The average molecular weight is 420 g/mol. The zero-order valence-corrected chi connectivity index (χ0v) is 16.8. The van der Waals surface area contributed by atoms with E-state index < -0.39 is 20.4 Å². The van der Waals surface area contributed by atoms with Crippen molar-refractivity contribution in [3.63, 3.8) is 0 Å². The van der Waals surface area contributed by atoms with Gasteiger partial charge in [-0.05, 0) is 43.2 Å². The van der Waals surface area contributed by atoms with E-state index in [2.05, 4.69) is 9.97 Å². The van der Waals surface area contributed by atoms with Gasteiger partial charge in [-0.15, -0.1) is 0 Å². The number of aromatic nitrogens is 2. The van der Waals surface area contributed by atoms with Gasteiger partial charge in [0.2, 0.25) is 0 Å². The fourth-order valence-electron chi connectivity index (χ4n) is 4.28. The fourth-order valence-corrected chi connectivity index (χ4v) is 5.14. The maximum Gasteiger partial charge on any atom is 0.297 e. The largest absolute Gasteiger partial charge is 0.354 e. The molecule has 2 aromatic heterocycles. The van der Waals surface area contributed by atoms with E-state index in [0.29, 0.717) is 22.0 Å². The van der Waals surface area contributed by atoms with Gasteiger partial charge in [-0.1, -0.05) is 24.3 Å². The second-order valence-corrected chi connectivity index (χ2v) is 8.74. The van der Waals surface area contributed by atoms with Crippen LogP contribution in [0.3, 0.4) is 0 Å². The van der Waals surface area contributed by atoms with Crippen LogP contribution in [0.2, 0.25) is 0 Å². The second-order valence-electron chi connectivity index (χ2n) is 7.38. The Hall–Kier alpha value is -3.49. The number of para-hydroxylation sites is 1. The number of aryl methyl sites for hydroxylation is 2. The lowest BCUT2D eigenvalue weighted by atomic mass is 9.99. The van der Waals surface area contributed by atoms with Crippen LogP contribution in [0.4, 0.5) is 0 Å². The van der Waals surface area contributed by atoms with E-state index in [1.165, 1.54) is 0 Å². The molecule has 0 unspecified atom stereocenters. The van der Waals surface area contributed by atoms with Gasteiger partial charge in [0.1, 0.15) is 4.90 Å². The van der Waals surface area contributed by atoms with Crippen LogP contribution in [-0.4, -0.2) is 22.9 Å². The number of hydrogen-bond donors (Lipinski definition) is 3. The van der Waals surface area contributed by atoms with Crippen molar-refractivity contribution in [3.05, 3.63) is 74.0 Å². The number of aromatic amines is 2. The van der Waals surface area contributed by atoms with Gasteiger partial charge >= 0.3 is 0 Å². The standard InChI is InChI=1S/C22H16N2O5S/c1-10-6-5-9-14-15(10)21(26)16-11(2)18-17(22(19(16)24-14)30(27,28)29)20(25)12-7-3-4-8-13(12)23-18/h3-9H,1-2H3,(H,23,25)(H,24,26)(H,27,28,29). The molecule has 5 rings (SSSR count). The average Bonchev–Trinajstić information content (AvgIpc) is 2.68. The molecule has 0 saturated heterocycles. The van der Waals surface area contributed by atoms with Crippen molar-refractivity contribution in [2.45, 2.75) is 18.7 Å². The molecule has 0 aliphatic carbocycles. The molecule has 0 atom stereocenters. The fraction of sp³-hybridized carbons (Fsp3) is 0.0909. The lowest BCUT2D eigenvalue weighted by molar-refractivity contribution is 0.485. The molecular formula is C22H16N2O5S. The van der Waals surface area contributed by atoms with Crippen LogP contribution in [0.25, 0.3) is 43.6 Å². The predicted molar refractivity (Wildman–Crippen MR) is 117 cm³/mol. The van der Waals surface area contributed by atoms with Gasteiger partial charge in [-0.2, -0.15) is 8.42 Å². The van der Waals surface area contributed by atoms with E-state index in [9.17, 15) is 22.6 Å². The molecule has 5 aromatic rings. The molecular weight excluding hydrogens is 404 g/mol. The first-order valence-corrected chi connectivity index (χ1v) is 10.6. The van der Waals surface area contributed by atoms with Crippen molar-refractivity contribution < 1.29 is 13.0 Å². The summed E-state index contributed by atoms with van der Waals surface area (Å²) in [4.78, 5) is 32.2. The highest BCUT2D eigenvalue weighted by molar-refractivity contribution is 7.86. The smallest absolute Gasteiger partial charge is 0.297 e. The molecule has 2 heterocycles. The minimum absolute atomic E-state index is 0.0774. The Morgan fingerprint density at radius 3 is 2.17 bits per heavy atom. The summed E-state index contributed by atoms with van der Waals surface area (Å²) in [5, 5.41) is 0.649. The van der Waals surface area contributed by atoms with Gasteiger partial charge in [0.15, 0.2) is 10.9 Å². The number of nitrogens with one attached hydrogen (secondary N) is 2. The maximum absolute atomic E-state index is 13.4. The first-order chi connectivity index (χ1) is 14.2. The third-order valence-electron chi connectivity index (χ3n) is 5.61. The van der Waals surface area contributed by atoms with E-state index in [-0.39, 0.29) is 32.6 Å². The molecule has 0 fully saturated rings. The van der Waals surface area contributed by atoms with Gasteiger partial charge in [0.25, 0.3) is 10.1 Å². The highest BCUT2D eigenvalue weighted by Gasteiger charge is 2.27. The summed E-state index contributed by atoms with van der Waals surface area (Å²) >= 11 is 0. The van der Waals surface area contributed by atoms with Crippen LogP contribution >= 0.6 is 0 Å². The highest BCUT2D eigenvalue weighted by atomic mass is 32.2. The van der Waals surface area contributed by atoms with Gasteiger partial charge in [0, 0.05) is 16.3 Å². The minimum atomic E-state index is -4.85. The molecule has 0 bridgehead atoms. The quantitative estimate of drug-likeness (QED) is 0.283. The van der Waals surface area contributed by atoms with Crippen LogP contribution in [0.1, 0.15) is 11.1 Å². The lowest BCUT2D eigenvalue weighted by Gasteiger charge is -2.14. The van der Waals surface area contributed by atoms with Crippen molar-refractivity contribution in [2.24, 2.45) is 0 Å². The molecule has 150 valence electrons. The van der Waals surface area contributed by atoms with Crippen molar-refractivity contribution in [1.82, 2.24) is 9.97 Å². The van der Waals surface area contributed by atoms with E-state index >= 15 is 0 Å². The Balaban J connectivity index is 2.24. The van der Waals surface area contributed by atoms with Crippen LogP contribution in [0, 0.1) is 13.8 Å².